The second kappa shape index (κ2) is 9.65. The average Bonchev–Trinajstić information content (AvgIpc) is 3.32. The van der Waals surface area contributed by atoms with E-state index in [1.54, 1.807) is 11.3 Å². The van der Waals surface area contributed by atoms with Crippen molar-refractivity contribution in [2.24, 2.45) is 10.7 Å². The van der Waals surface area contributed by atoms with Gasteiger partial charge >= 0.3 is 0 Å². The molecule has 1 unspecified atom stereocenters. The molecule has 1 atom stereocenters. The Kier molecular flexibility index (Phi) is 6.86. The number of H-pyrrole nitrogens is 1. The van der Waals surface area contributed by atoms with Crippen LogP contribution in [0, 0.1) is 6.92 Å². The molecule has 7 nitrogen and oxygen atoms in total. The number of aliphatic imine (C=N–C) groups is 1. The van der Waals surface area contributed by atoms with Crippen molar-refractivity contribution >= 4 is 39.6 Å². The third-order valence-corrected chi connectivity index (χ3v) is 7.45. The van der Waals surface area contributed by atoms with Gasteiger partial charge in [-0.1, -0.05) is 13.8 Å². The van der Waals surface area contributed by atoms with E-state index in [-0.39, 0.29) is 13.4 Å². The van der Waals surface area contributed by atoms with Crippen molar-refractivity contribution in [3.05, 3.63) is 34.3 Å². The lowest BCUT2D eigenvalue weighted by atomic mass is 9.99. The number of rotatable bonds is 6. The van der Waals surface area contributed by atoms with E-state index in [2.05, 4.69) is 58.8 Å². The minimum atomic E-state index is 0. The fraction of sp³-hybridized carbons (Fsp3) is 0.480. The summed E-state index contributed by atoms with van der Waals surface area (Å²) in [6.45, 7) is 8.12. The van der Waals surface area contributed by atoms with E-state index in [0.29, 0.717) is 11.7 Å². The summed E-state index contributed by atoms with van der Waals surface area (Å²) in [5.74, 6) is 1.09. The van der Waals surface area contributed by atoms with Crippen molar-refractivity contribution in [1.82, 2.24) is 19.8 Å². The van der Waals surface area contributed by atoms with Gasteiger partial charge < -0.3 is 20.5 Å². The number of carbonyl (C=O) groups excluding carboxylic acids is 1. The Labute approximate surface area is 201 Å². The number of hydrogen-bond donors (Lipinski definition) is 2. The summed E-state index contributed by atoms with van der Waals surface area (Å²) in [5, 5.41) is 0. The summed E-state index contributed by atoms with van der Waals surface area (Å²) in [4.78, 5) is 30.8. The minimum absolute atomic E-state index is 0. The number of amides is 1. The number of nitrogens with zero attached hydrogens (tertiary/aromatic N) is 4. The maximum atomic E-state index is 13.5. The zero-order valence-electron chi connectivity index (χ0n) is 20.2. The highest BCUT2D eigenvalue weighted by Gasteiger charge is 2.30. The van der Waals surface area contributed by atoms with Gasteiger partial charge in [-0.2, -0.15) is 0 Å². The number of piperidine rings is 1. The zero-order valence-corrected chi connectivity index (χ0v) is 21.0. The number of aromatic amines is 1. The van der Waals surface area contributed by atoms with Gasteiger partial charge in [-0.15, -0.1) is 11.3 Å². The number of hydrogen-bond acceptors (Lipinski definition) is 5. The third-order valence-electron chi connectivity index (χ3n) is 6.29. The first-order valence-electron chi connectivity index (χ1n) is 11.6. The standard InChI is InChI=1S/C25H34N6OS.H2/c1-15(2)21-22(17-10-16(3)24(27-12-17)28-14-26)29-19-11-20(33-23(19)21)25(32)31-9-7-6-8-18(31)13-30(4)5;/h10-12,14-15,18,29H,6-9,13H2,1-5H3,(H2,26,27,28);1H. The Morgan fingerprint density at radius 1 is 1.42 bits per heavy atom. The van der Waals surface area contributed by atoms with Gasteiger partial charge in [-0.3, -0.25) is 4.79 Å². The molecule has 178 valence electrons. The third kappa shape index (κ3) is 4.68. The molecular weight excluding hydrogens is 432 g/mol. The van der Waals surface area contributed by atoms with Crippen LogP contribution >= 0.6 is 11.3 Å². The van der Waals surface area contributed by atoms with E-state index in [4.69, 9.17) is 5.73 Å². The van der Waals surface area contributed by atoms with E-state index < -0.39 is 0 Å². The number of aromatic nitrogens is 2. The first kappa shape index (κ1) is 23.4. The van der Waals surface area contributed by atoms with E-state index in [1.165, 1.54) is 18.3 Å². The van der Waals surface area contributed by atoms with Gasteiger partial charge in [0.05, 0.1) is 27.1 Å². The number of nitrogens with two attached hydrogens (primary N) is 1. The maximum Gasteiger partial charge on any atom is 0.264 e. The maximum absolute atomic E-state index is 13.5. The van der Waals surface area contributed by atoms with Crippen molar-refractivity contribution in [3.8, 4) is 11.3 Å². The molecule has 1 fully saturated rings. The second-order valence-corrected chi connectivity index (χ2v) is 10.5. The van der Waals surface area contributed by atoms with Crippen molar-refractivity contribution < 1.29 is 6.22 Å². The molecule has 4 heterocycles. The van der Waals surface area contributed by atoms with Gasteiger partial charge in [0.25, 0.3) is 5.91 Å². The normalized spacial score (nSPS) is 17.2. The van der Waals surface area contributed by atoms with Crippen LogP contribution in [0.1, 0.15) is 61.3 Å². The van der Waals surface area contributed by atoms with Crippen LogP contribution in [0.15, 0.2) is 23.3 Å². The molecule has 1 amide bonds. The first-order valence-corrected chi connectivity index (χ1v) is 12.4. The van der Waals surface area contributed by atoms with Gasteiger partial charge in [0.1, 0.15) is 0 Å². The predicted molar refractivity (Wildman–Crippen MR) is 140 cm³/mol. The van der Waals surface area contributed by atoms with Crippen molar-refractivity contribution in [1.29, 1.82) is 0 Å². The van der Waals surface area contributed by atoms with Crippen LogP contribution in [-0.4, -0.2) is 65.2 Å². The van der Waals surface area contributed by atoms with Crippen LogP contribution in [-0.2, 0) is 0 Å². The summed E-state index contributed by atoms with van der Waals surface area (Å²) < 4.78 is 1.16. The Bertz CT molecular complexity index is 1180. The van der Waals surface area contributed by atoms with Gasteiger partial charge in [0, 0.05) is 32.3 Å². The van der Waals surface area contributed by atoms with Crippen molar-refractivity contribution in [2.45, 2.75) is 52.0 Å². The molecule has 0 radical (unpaired) electrons. The highest BCUT2D eigenvalue weighted by atomic mass is 32.1. The lowest BCUT2D eigenvalue weighted by Crippen LogP contribution is -2.48. The number of carbonyl (C=O) groups is 1. The predicted octanol–water partition coefficient (Wildman–Crippen LogP) is 5.14. The molecular formula is C25H36N6OS. The van der Waals surface area contributed by atoms with Crippen LogP contribution in [0.4, 0.5) is 5.82 Å². The number of likely N-dealkylation sites (N-methyl/N-ethyl adjacent to an activating group) is 1. The molecule has 1 aliphatic heterocycles. The summed E-state index contributed by atoms with van der Waals surface area (Å²) in [7, 11) is 4.15. The van der Waals surface area contributed by atoms with Crippen LogP contribution in [0.2, 0.25) is 0 Å². The van der Waals surface area contributed by atoms with Gasteiger partial charge in [0.15, 0.2) is 5.82 Å². The Balaban J connectivity index is 0.00000324. The van der Waals surface area contributed by atoms with Crippen LogP contribution in [0.3, 0.4) is 0 Å². The molecule has 8 heteroatoms. The number of nitrogens with one attached hydrogen (secondary N) is 1. The number of pyridine rings is 1. The molecule has 1 aliphatic rings. The lowest BCUT2D eigenvalue weighted by molar-refractivity contribution is 0.0580. The van der Waals surface area contributed by atoms with Crippen LogP contribution in [0.25, 0.3) is 21.5 Å². The van der Waals surface area contributed by atoms with Gasteiger partial charge in [-0.05, 0) is 69.5 Å². The molecule has 0 spiro atoms. The Morgan fingerprint density at radius 2 is 2.21 bits per heavy atom. The first-order chi connectivity index (χ1) is 15.8. The molecule has 0 aliphatic carbocycles. The molecule has 0 saturated carbocycles. The quantitative estimate of drug-likeness (QED) is 0.387. The van der Waals surface area contributed by atoms with E-state index in [1.807, 2.05) is 19.2 Å². The summed E-state index contributed by atoms with van der Waals surface area (Å²) in [5.41, 5.74) is 10.7. The zero-order chi connectivity index (χ0) is 23.7. The fourth-order valence-electron chi connectivity index (χ4n) is 4.81. The van der Waals surface area contributed by atoms with Gasteiger partial charge in [-0.25, -0.2) is 9.98 Å². The number of likely N-dealkylation sites (tertiary alicyclic amines) is 1. The van der Waals surface area contributed by atoms with Crippen molar-refractivity contribution in [3.63, 3.8) is 0 Å². The monoisotopic (exact) mass is 468 g/mol. The lowest BCUT2D eigenvalue weighted by Gasteiger charge is -2.37. The summed E-state index contributed by atoms with van der Waals surface area (Å²) >= 11 is 1.61. The van der Waals surface area contributed by atoms with E-state index in [9.17, 15) is 4.79 Å². The highest BCUT2D eigenvalue weighted by molar-refractivity contribution is 7.21. The number of thiophene rings is 1. The number of aryl methyl sites for hydroxylation is 1. The topological polar surface area (TPSA) is 90.6 Å². The Hall–Kier alpha value is -2.71. The molecule has 3 N–H and O–H groups in total. The molecule has 33 heavy (non-hydrogen) atoms. The largest absolute Gasteiger partial charge is 0.390 e. The average molecular weight is 469 g/mol. The van der Waals surface area contributed by atoms with Crippen molar-refractivity contribution in [2.75, 3.05) is 27.2 Å². The molecule has 3 aromatic rings. The minimum Gasteiger partial charge on any atom is -0.390 e. The van der Waals surface area contributed by atoms with Gasteiger partial charge in [0.2, 0.25) is 0 Å². The van der Waals surface area contributed by atoms with E-state index in [0.717, 1.165) is 57.8 Å². The SMILES string of the molecule is Cc1cc(-c2[nH]c3cc(C(=O)N4CCCCC4CN(C)C)sc3c2C(C)C)cnc1N=CN.[HH]. The number of fused-ring (bicyclic) bond motifs is 1. The molecule has 0 aromatic carbocycles. The smallest absolute Gasteiger partial charge is 0.264 e. The summed E-state index contributed by atoms with van der Waals surface area (Å²) in [6, 6.07) is 4.40. The van der Waals surface area contributed by atoms with E-state index >= 15 is 0 Å². The molecule has 3 aromatic heterocycles. The fourth-order valence-corrected chi connectivity index (χ4v) is 6.08. The van der Waals surface area contributed by atoms with Crippen LogP contribution < -0.4 is 5.73 Å². The summed E-state index contributed by atoms with van der Waals surface area (Å²) in [6.07, 6.45) is 6.45. The Morgan fingerprint density at radius 3 is 2.88 bits per heavy atom. The second-order valence-electron chi connectivity index (χ2n) is 9.47. The van der Waals surface area contributed by atoms with Crippen LogP contribution in [0.5, 0.6) is 0 Å². The molecule has 0 bridgehead atoms. The molecule has 4 rings (SSSR count). The highest BCUT2D eigenvalue weighted by Crippen LogP contribution is 2.40. The molecule has 1 saturated heterocycles.